The lowest BCUT2D eigenvalue weighted by Crippen LogP contribution is -2.38. The quantitative estimate of drug-likeness (QED) is 0.560. The molecule has 31 heavy (non-hydrogen) atoms. The predicted octanol–water partition coefficient (Wildman–Crippen LogP) is 4.19. The van der Waals surface area contributed by atoms with Crippen molar-refractivity contribution in [1.82, 2.24) is 14.8 Å². The summed E-state index contributed by atoms with van der Waals surface area (Å²) in [5, 5.41) is 12.7. The topological polar surface area (TPSA) is 72.3 Å². The molecule has 0 bridgehead atoms. The van der Waals surface area contributed by atoms with Crippen molar-refractivity contribution >= 4 is 40.9 Å². The van der Waals surface area contributed by atoms with Crippen molar-refractivity contribution in [2.24, 2.45) is 0 Å². The Bertz CT molecular complexity index is 1030. The first-order valence-corrected chi connectivity index (χ1v) is 11.4. The Morgan fingerprint density at radius 1 is 1.10 bits per heavy atom. The molecule has 2 aromatic carbocycles. The minimum atomic E-state index is -0.374. The van der Waals surface area contributed by atoms with E-state index in [1.54, 1.807) is 24.3 Å². The summed E-state index contributed by atoms with van der Waals surface area (Å²) in [5.74, 6) is 0.652. The van der Waals surface area contributed by atoms with Crippen molar-refractivity contribution in [3.8, 4) is 5.69 Å². The Morgan fingerprint density at radius 2 is 1.77 bits per heavy atom. The highest BCUT2D eigenvalue weighted by Gasteiger charge is 2.25. The van der Waals surface area contributed by atoms with Crippen LogP contribution in [0.2, 0.25) is 5.02 Å². The van der Waals surface area contributed by atoms with Crippen molar-refractivity contribution in [3.63, 3.8) is 0 Å². The zero-order valence-corrected chi connectivity index (χ0v) is 19.0. The van der Waals surface area contributed by atoms with Gasteiger partial charge in [-0.15, -0.1) is 10.2 Å². The third kappa shape index (κ3) is 5.20. The number of rotatable bonds is 6. The van der Waals surface area contributed by atoms with Crippen molar-refractivity contribution in [3.05, 3.63) is 59.1 Å². The molecule has 3 aromatic rings. The van der Waals surface area contributed by atoms with Gasteiger partial charge in [-0.25, -0.2) is 0 Å². The summed E-state index contributed by atoms with van der Waals surface area (Å²) in [6, 6.07) is 15.3. The van der Waals surface area contributed by atoms with Gasteiger partial charge in [0.05, 0.1) is 24.2 Å². The average Bonchev–Trinajstić information content (AvgIpc) is 3.20. The van der Waals surface area contributed by atoms with E-state index in [-0.39, 0.29) is 11.2 Å². The van der Waals surface area contributed by atoms with Crippen LogP contribution >= 0.6 is 23.4 Å². The number of hydrogen-bond donors (Lipinski definition) is 1. The van der Waals surface area contributed by atoms with E-state index in [1.165, 1.54) is 17.3 Å². The van der Waals surface area contributed by atoms with E-state index in [0.717, 1.165) is 24.7 Å². The van der Waals surface area contributed by atoms with Gasteiger partial charge in [0, 0.05) is 23.8 Å². The van der Waals surface area contributed by atoms with Crippen LogP contribution in [0.1, 0.15) is 12.5 Å². The number of benzene rings is 2. The van der Waals surface area contributed by atoms with Crippen molar-refractivity contribution in [2.75, 3.05) is 36.5 Å². The van der Waals surface area contributed by atoms with Gasteiger partial charge in [-0.1, -0.05) is 41.1 Å². The summed E-state index contributed by atoms with van der Waals surface area (Å²) in [7, 11) is 0. The van der Waals surface area contributed by atoms with E-state index in [1.807, 2.05) is 23.6 Å². The van der Waals surface area contributed by atoms with E-state index in [4.69, 9.17) is 16.3 Å². The van der Waals surface area contributed by atoms with E-state index in [0.29, 0.717) is 29.1 Å². The molecule has 0 aliphatic carbocycles. The summed E-state index contributed by atoms with van der Waals surface area (Å²) in [6.07, 6.45) is 0. The first-order valence-electron chi connectivity index (χ1n) is 10.1. The van der Waals surface area contributed by atoms with Crippen LogP contribution in [0, 0.1) is 6.92 Å². The van der Waals surface area contributed by atoms with Crippen molar-refractivity contribution in [1.29, 1.82) is 0 Å². The van der Waals surface area contributed by atoms with E-state index in [2.05, 4.69) is 39.5 Å². The number of hydrogen-bond acceptors (Lipinski definition) is 6. The van der Waals surface area contributed by atoms with E-state index < -0.39 is 0 Å². The summed E-state index contributed by atoms with van der Waals surface area (Å²) < 4.78 is 7.50. The molecule has 1 saturated heterocycles. The van der Waals surface area contributed by atoms with Crippen molar-refractivity contribution in [2.45, 2.75) is 24.3 Å². The molecule has 0 spiro atoms. The van der Waals surface area contributed by atoms with Gasteiger partial charge in [0.1, 0.15) is 0 Å². The van der Waals surface area contributed by atoms with Crippen LogP contribution in [0.15, 0.2) is 53.7 Å². The summed E-state index contributed by atoms with van der Waals surface area (Å²) in [6.45, 7) is 6.73. The first kappa shape index (κ1) is 21.7. The normalized spacial score (nSPS) is 15.0. The van der Waals surface area contributed by atoms with Crippen LogP contribution in [-0.4, -0.2) is 52.2 Å². The van der Waals surface area contributed by atoms with Gasteiger partial charge >= 0.3 is 0 Å². The number of nitrogens with one attached hydrogen (secondary N) is 1. The molecular weight excluding hydrogens is 434 g/mol. The third-order valence-electron chi connectivity index (χ3n) is 4.97. The van der Waals surface area contributed by atoms with E-state index in [9.17, 15) is 4.79 Å². The molecule has 0 saturated carbocycles. The maximum absolute atomic E-state index is 12.8. The number of aromatic nitrogens is 3. The van der Waals surface area contributed by atoms with Crippen molar-refractivity contribution < 1.29 is 9.53 Å². The molecule has 2 heterocycles. The number of amides is 1. The van der Waals surface area contributed by atoms with Crippen LogP contribution in [0.4, 0.5) is 11.6 Å². The number of carbonyl (C=O) groups excluding carboxylic acids is 1. The molecule has 1 amide bonds. The lowest BCUT2D eigenvalue weighted by atomic mass is 10.2. The van der Waals surface area contributed by atoms with Crippen LogP contribution in [-0.2, 0) is 9.53 Å². The van der Waals surface area contributed by atoms with Crippen LogP contribution in [0.5, 0.6) is 0 Å². The maximum atomic E-state index is 12.8. The number of carbonyl (C=O) groups is 1. The van der Waals surface area contributed by atoms with Gasteiger partial charge in [0.2, 0.25) is 11.9 Å². The predicted molar refractivity (Wildman–Crippen MR) is 125 cm³/mol. The fourth-order valence-corrected chi connectivity index (χ4v) is 4.20. The second-order valence-corrected chi connectivity index (χ2v) is 9.05. The second-order valence-electron chi connectivity index (χ2n) is 7.31. The fraction of sp³-hybridized carbons (Fsp3) is 0.318. The Balaban J connectivity index is 1.58. The second kappa shape index (κ2) is 9.72. The highest BCUT2D eigenvalue weighted by atomic mass is 35.5. The molecule has 1 aromatic heterocycles. The molecule has 1 aliphatic rings. The molecule has 7 nitrogen and oxygen atoms in total. The molecule has 162 valence electrons. The third-order valence-corrected chi connectivity index (χ3v) is 6.26. The Hall–Kier alpha value is -2.55. The summed E-state index contributed by atoms with van der Waals surface area (Å²) >= 11 is 7.30. The Morgan fingerprint density at radius 3 is 2.45 bits per heavy atom. The number of thioether (sulfide) groups is 1. The van der Waals surface area contributed by atoms with Gasteiger partial charge < -0.3 is 15.0 Å². The summed E-state index contributed by atoms with van der Waals surface area (Å²) in [4.78, 5) is 14.9. The number of nitrogens with zero attached hydrogens (tertiary/aromatic N) is 4. The van der Waals surface area contributed by atoms with Crippen LogP contribution in [0.3, 0.4) is 0 Å². The minimum Gasteiger partial charge on any atom is -0.378 e. The summed E-state index contributed by atoms with van der Waals surface area (Å²) in [5.41, 5.74) is 2.84. The Labute approximate surface area is 190 Å². The van der Waals surface area contributed by atoms with Gasteiger partial charge in [-0.05, 0) is 50.2 Å². The number of aryl methyl sites for hydroxylation is 1. The molecule has 1 fully saturated rings. The van der Waals surface area contributed by atoms with Crippen LogP contribution in [0.25, 0.3) is 5.69 Å². The SMILES string of the molecule is Cc1ccc(-n2c(SC(C)C(=O)Nc3ccc(Cl)cc3)nnc2N2CCOCC2)cc1. The lowest BCUT2D eigenvalue weighted by Gasteiger charge is -2.28. The number of ether oxygens (including phenoxy) is 1. The van der Waals surface area contributed by atoms with Crippen LogP contribution < -0.4 is 10.2 Å². The monoisotopic (exact) mass is 457 g/mol. The molecule has 1 atom stereocenters. The zero-order chi connectivity index (χ0) is 21.8. The smallest absolute Gasteiger partial charge is 0.237 e. The van der Waals surface area contributed by atoms with Gasteiger partial charge in [0.25, 0.3) is 0 Å². The number of halogens is 1. The first-order chi connectivity index (χ1) is 15.0. The molecule has 4 rings (SSSR count). The lowest BCUT2D eigenvalue weighted by molar-refractivity contribution is -0.115. The minimum absolute atomic E-state index is 0.112. The molecule has 0 radical (unpaired) electrons. The number of anilines is 2. The highest BCUT2D eigenvalue weighted by molar-refractivity contribution is 8.00. The average molecular weight is 458 g/mol. The molecule has 1 aliphatic heterocycles. The number of morpholine rings is 1. The fourth-order valence-electron chi connectivity index (χ4n) is 3.22. The largest absolute Gasteiger partial charge is 0.378 e. The molecule has 1 N–H and O–H groups in total. The molecule has 9 heteroatoms. The standard InChI is InChI=1S/C22H24ClN5O2S/c1-15-3-9-19(10-4-15)28-21(27-11-13-30-14-12-27)25-26-22(28)31-16(2)20(29)24-18-7-5-17(23)6-8-18/h3-10,16H,11-14H2,1-2H3,(H,24,29). The Kier molecular flexibility index (Phi) is 6.80. The molecule has 1 unspecified atom stereocenters. The zero-order valence-electron chi connectivity index (χ0n) is 17.4. The molecular formula is C22H24ClN5O2S. The van der Waals surface area contributed by atoms with Gasteiger partial charge in [-0.3, -0.25) is 9.36 Å². The maximum Gasteiger partial charge on any atom is 0.237 e. The highest BCUT2D eigenvalue weighted by Crippen LogP contribution is 2.30. The van der Waals surface area contributed by atoms with Gasteiger partial charge in [0.15, 0.2) is 5.16 Å². The van der Waals surface area contributed by atoms with Gasteiger partial charge in [-0.2, -0.15) is 0 Å². The van der Waals surface area contributed by atoms with E-state index >= 15 is 0 Å².